The first-order valence-electron chi connectivity index (χ1n) is 6.68. The summed E-state index contributed by atoms with van der Waals surface area (Å²) in [6.45, 7) is 0.678. The molecule has 1 aromatic rings. The molecule has 5 nitrogen and oxygen atoms in total. The zero-order chi connectivity index (χ0) is 14.7. The molecule has 0 radical (unpaired) electrons. The Kier molecular flexibility index (Phi) is 4.60. The van der Waals surface area contributed by atoms with E-state index in [2.05, 4.69) is 0 Å². The molecule has 1 aliphatic rings. The number of carbonyl (C=O) groups excluding carboxylic acids is 1. The van der Waals surface area contributed by atoms with Crippen LogP contribution in [-0.4, -0.2) is 29.3 Å². The highest BCUT2D eigenvalue weighted by Crippen LogP contribution is 2.27. The minimum atomic E-state index is -0.524. The summed E-state index contributed by atoms with van der Waals surface area (Å²) in [6.07, 6.45) is 4.70. The molecule has 6 heteroatoms. The van der Waals surface area contributed by atoms with Crippen molar-refractivity contribution < 1.29 is 9.72 Å². The van der Waals surface area contributed by atoms with Crippen molar-refractivity contribution in [2.75, 3.05) is 13.6 Å². The molecule has 1 fully saturated rings. The average Bonchev–Trinajstić information content (AvgIpc) is 2.91. The molecular formula is C14H17ClN2O3. The van der Waals surface area contributed by atoms with Crippen molar-refractivity contribution in [3.8, 4) is 0 Å². The lowest BCUT2D eigenvalue weighted by Crippen LogP contribution is -2.31. The molecule has 20 heavy (non-hydrogen) atoms. The summed E-state index contributed by atoms with van der Waals surface area (Å²) in [4.78, 5) is 24.2. The van der Waals surface area contributed by atoms with Gasteiger partial charge in [0.2, 0.25) is 0 Å². The summed E-state index contributed by atoms with van der Waals surface area (Å²) in [6, 6.07) is 3.95. The van der Waals surface area contributed by atoms with Crippen molar-refractivity contribution in [2.45, 2.75) is 25.7 Å². The van der Waals surface area contributed by atoms with Crippen LogP contribution >= 0.6 is 11.6 Å². The summed E-state index contributed by atoms with van der Waals surface area (Å²) in [5, 5.41) is 11.0. The van der Waals surface area contributed by atoms with Gasteiger partial charge in [-0.25, -0.2) is 0 Å². The molecule has 0 atom stereocenters. The van der Waals surface area contributed by atoms with Gasteiger partial charge >= 0.3 is 0 Å². The van der Waals surface area contributed by atoms with E-state index in [0.29, 0.717) is 12.5 Å². The lowest BCUT2D eigenvalue weighted by Gasteiger charge is -2.21. The molecule has 0 bridgehead atoms. The molecule has 0 saturated heterocycles. The third-order valence-electron chi connectivity index (χ3n) is 3.74. The number of hydrogen-bond acceptors (Lipinski definition) is 3. The van der Waals surface area contributed by atoms with Gasteiger partial charge in [0.05, 0.1) is 15.5 Å². The zero-order valence-electron chi connectivity index (χ0n) is 11.3. The smallest absolute Gasteiger partial charge is 0.270 e. The van der Waals surface area contributed by atoms with E-state index in [4.69, 9.17) is 11.6 Å². The molecule has 1 aromatic carbocycles. The molecule has 1 amide bonds. The van der Waals surface area contributed by atoms with Crippen LogP contribution in [0.25, 0.3) is 0 Å². The lowest BCUT2D eigenvalue weighted by atomic mass is 10.1. The molecular weight excluding hydrogens is 280 g/mol. The molecule has 0 spiro atoms. The third-order valence-corrected chi connectivity index (χ3v) is 4.07. The zero-order valence-corrected chi connectivity index (χ0v) is 12.1. The van der Waals surface area contributed by atoms with Gasteiger partial charge in [-0.2, -0.15) is 0 Å². The van der Waals surface area contributed by atoms with Crippen LogP contribution in [0.5, 0.6) is 0 Å². The van der Waals surface area contributed by atoms with E-state index >= 15 is 0 Å². The van der Waals surface area contributed by atoms with E-state index in [1.165, 1.54) is 31.0 Å². The molecule has 1 aliphatic carbocycles. The van der Waals surface area contributed by atoms with Crippen molar-refractivity contribution >= 4 is 23.2 Å². The predicted molar refractivity (Wildman–Crippen MR) is 77.0 cm³/mol. The van der Waals surface area contributed by atoms with Crippen LogP contribution in [-0.2, 0) is 0 Å². The monoisotopic (exact) mass is 296 g/mol. The first kappa shape index (κ1) is 14.8. The Morgan fingerprint density at radius 3 is 2.70 bits per heavy atom. The first-order valence-corrected chi connectivity index (χ1v) is 7.06. The van der Waals surface area contributed by atoms with Gasteiger partial charge in [0, 0.05) is 25.7 Å². The van der Waals surface area contributed by atoms with E-state index in [1.54, 1.807) is 11.9 Å². The summed E-state index contributed by atoms with van der Waals surface area (Å²) >= 11 is 5.99. The Morgan fingerprint density at radius 2 is 2.10 bits per heavy atom. The Balaban J connectivity index is 2.14. The van der Waals surface area contributed by atoms with Gasteiger partial charge in [0.15, 0.2) is 0 Å². The number of carbonyl (C=O) groups is 1. The highest BCUT2D eigenvalue weighted by molar-refractivity contribution is 6.33. The average molecular weight is 297 g/mol. The SMILES string of the molecule is CN(CC1CCCC1)C(=O)c1cc([N+](=O)[O-])ccc1Cl. The summed E-state index contributed by atoms with van der Waals surface area (Å²) in [7, 11) is 1.72. The standard InChI is InChI=1S/C14H17ClN2O3/c1-16(9-10-4-2-3-5-10)14(18)12-8-11(17(19)20)6-7-13(12)15/h6-8,10H,2-5,9H2,1H3. The van der Waals surface area contributed by atoms with Crippen molar-refractivity contribution in [2.24, 2.45) is 5.92 Å². The second kappa shape index (κ2) is 6.22. The summed E-state index contributed by atoms with van der Waals surface area (Å²) < 4.78 is 0. The highest BCUT2D eigenvalue weighted by Gasteiger charge is 2.23. The number of hydrogen-bond donors (Lipinski definition) is 0. The number of non-ortho nitro benzene ring substituents is 1. The van der Waals surface area contributed by atoms with Crippen molar-refractivity contribution in [1.29, 1.82) is 0 Å². The van der Waals surface area contributed by atoms with Crippen LogP contribution in [0.2, 0.25) is 5.02 Å². The second-order valence-electron chi connectivity index (χ2n) is 5.26. The number of benzene rings is 1. The van der Waals surface area contributed by atoms with Gasteiger partial charge in [-0.15, -0.1) is 0 Å². The van der Waals surface area contributed by atoms with Crippen LogP contribution in [0, 0.1) is 16.0 Å². The number of halogens is 1. The fourth-order valence-corrected chi connectivity index (χ4v) is 2.86. The Hall–Kier alpha value is -1.62. The van der Waals surface area contributed by atoms with Crippen molar-refractivity contribution in [3.05, 3.63) is 38.9 Å². The maximum absolute atomic E-state index is 12.3. The van der Waals surface area contributed by atoms with E-state index in [-0.39, 0.29) is 22.2 Å². The van der Waals surface area contributed by atoms with E-state index < -0.39 is 4.92 Å². The molecule has 1 saturated carbocycles. The highest BCUT2D eigenvalue weighted by atomic mass is 35.5. The number of nitro benzene ring substituents is 1. The topological polar surface area (TPSA) is 63.5 Å². The van der Waals surface area contributed by atoms with E-state index in [0.717, 1.165) is 12.8 Å². The Morgan fingerprint density at radius 1 is 1.45 bits per heavy atom. The predicted octanol–water partition coefficient (Wildman–Crippen LogP) is 3.51. The number of nitrogens with zero attached hydrogens (tertiary/aromatic N) is 2. The van der Waals surface area contributed by atoms with E-state index in [9.17, 15) is 14.9 Å². The Labute approximate surface area is 122 Å². The van der Waals surface area contributed by atoms with Crippen LogP contribution < -0.4 is 0 Å². The largest absolute Gasteiger partial charge is 0.341 e. The number of amides is 1. The first-order chi connectivity index (χ1) is 9.49. The maximum atomic E-state index is 12.3. The number of rotatable bonds is 4. The fourth-order valence-electron chi connectivity index (χ4n) is 2.66. The van der Waals surface area contributed by atoms with Gasteiger partial charge < -0.3 is 4.90 Å². The van der Waals surface area contributed by atoms with Gasteiger partial charge in [-0.1, -0.05) is 24.4 Å². The molecule has 0 N–H and O–H groups in total. The summed E-state index contributed by atoms with van der Waals surface area (Å²) in [5.41, 5.74) is 0.0772. The lowest BCUT2D eigenvalue weighted by molar-refractivity contribution is -0.384. The van der Waals surface area contributed by atoms with Crippen LogP contribution in [0.15, 0.2) is 18.2 Å². The quantitative estimate of drug-likeness (QED) is 0.631. The number of nitro groups is 1. The van der Waals surface area contributed by atoms with Crippen LogP contribution in [0.1, 0.15) is 36.0 Å². The van der Waals surface area contributed by atoms with Crippen LogP contribution in [0.4, 0.5) is 5.69 Å². The van der Waals surface area contributed by atoms with Crippen LogP contribution in [0.3, 0.4) is 0 Å². The molecule has 0 aromatic heterocycles. The van der Waals surface area contributed by atoms with E-state index in [1.807, 2.05) is 0 Å². The molecule has 0 unspecified atom stereocenters. The van der Waals surface area contributed by atoms with Gasteiger partial charge in [0.25, 0.3) is 11.6 Å². The summed E-state index contributed by atoms with van der Waals surface area (Å²) in [5.74, 6) is 0.270. The minimum absolute atomic E-state index is 0.119. The minimum Gasteiger partial charge on any atom is -0.341 e. The molecule has 2 rings (SSSR count). The van der Waals surface area contributed by atoms with Gasteiger partial charge in [-0.3, -0.25) is 14.9 Å². The second-order valence-corrected chi connectivity index (χ2v) is 5.66. The van der Waals surface area contributed by atoms with Gasteiger partial charge in [-0.05, 0) is 24.8 Å². The van der Waals surface area contributed by atoms with Gasteiger partial charge in [0.1, 0.15) is 0 Å². The third kappa shape index (κ3) is 3.28. The fraction of sp³-hybridized carbons (Fsp3) is 0.500. The Bertz CT molecular complexity index is 527. The molecule has 0 aliphatic heterocycles. The molecule has 0 heterocycles. The van der Waals surface area contributed by atoms with Crippen molar-refractivity contribution in [1.82, 2.24) is 4.90 Å². The normalized spacial score (nSPS) is 15.3. The molecule has 108 valence electrons. The maximum Gasteiger partial charge on any atom is 0.270 e. The van der Waals surface area contributed by atoms with Crippen molar-refractivity contribution in [3.63, 3.8) is 0 Å².